The van der Waals surface area contributed by atoms with Crippen molar-refractivity contribution in [3.63, 3.8) is 0 Å². The van der Waals surface area contributed by atoms with E-state index in [0.29, 0.717) is 13.1 Å². The summed E-state index contributed by atoms with van der Waals surface area (Å²) in [6.45, 7) is 1.04. The van der Waals surface area contributed by atoms with Gasteiger partial charge in [-0.2, -0.15) is 5.10 Å². The quantitative estimate of drug-likeness (QED) is 0.816. The molecular weight excluding hydrogens is 266 g/mol. The molecule has 0 aliphatic heterocycles. The van der Waals surface area contributed by atoms with Crippen molar-refractivity contribution in [3.05, 3.63) is 48.0 Å². The fraction of sp³-hybridized carbons (Fsp3) is 0.267. The van der Waals surface area contributed by atoms with Crippen LogP contribution in [0.25, 0.3) is 0 Å². The second kappa shape index (κ2) is 7.22. The topological polar surface area (TPSA) is 77.0 Å². The van der Waals surface area contributed by atoms with Crippen molar-refractivity contribution < 1.29 is 4.79 Å². The number of carbonyl (C=O) groups excluding carboxylic acids is 1. The highest BCUT2D eigenvalue weighted by Crippen LogP contribution is 2.07. The normalized spacial score (nSPS) is 9.81. The molecule has 0 spiro atoms. The summed E-state index contributed by atoms with van der Waals surface area (Å²) in [6, 6.07) is 7.77. The van der Waals surface area contributed by atoms with Gasteiger partial charge < -0.3 is 10.6 Å². The van der Waals surface area contributed by atoms with E-state index >= 15 is 0 Å². The van der Waals surface area contributed by atoms with E-state index in [4.69, 9.17) is 5.73 Å². The number of hydrogen-bond donors (Lipinski definition) is 1. The van der Waals surface area contributed by atoms with E-state index in [2.05, 4.69) is 21.9 Å². The molecule has 2 N–H and O–H groups in total. The molecule has 6 heteroatoms. The summed E-state index contributed by atoms with van der Waals surface area (Å²) in [6.07, 6.45) is 2.93. The zero-order chi connectivity index (χ0) is 15.1. The molecule has 0 unspecified atom stereocenters. The Morgan fingerprint density at radius 3 is 3.05 bits per heavy atom. The first kappa shape index (κ1) is 14.8. The minimum Gasteiger partial charge on any atom is -0.340 e. The molecule has 0 radical (unpaired) electrons. The van der Waals surface area contributed by atoms with Gasteiger partial charge in [0.1, 0.15) is 19.2 Å². The van der Waals surface area contributed by atoms with Gasteiger partial charge in [-0.1, -0.05) is 24.0 Å². The number of aromatic nitrogens is 3. The third kappa shape index (κ3) is 4.44. The maximum Gasteiger partial charge on any atom is 0.244 e. The average Bonchev–Trinajstić information content (AvgIpc) is 2.98. The van der Waals surface area contributed by atoms with Crippen molar-refractivity contribution in [1.29, 1.82) is 0 Å². The minimum absolute atomic E-state index is 0.0288. The van der Waals surface area contributed by atoms with E-state index in [-0.39, 0.29) is 12.5 Å². The van der Waals surface area contributed by atoms with Gasteiger partial charge in [-0.3, -0.25) is 4.79 Å². The van der Waals surface area contributed by atoms with Crippen LogP contribution in [0.15, 0.2) is 36.9 Å². The fourth-order valence-corrected chi connectivity index (χ4v) is 1.84. The van der Waals surface area contributed by atoms with Crippen molar-refractivity contribution in [1.82, 2.24) is 19.7 Å². The monoisotopic (exact) mass is 283 g/mol. The molecular formula is C15H17N5O. The van der Waals surface area contributed by atoms with E-state index in [1.807, 2.05) is 24.3 Å². The van der Waals surface area contributed by atoms with E-state index in [1.54, 1.807) is 11.9 Å². The molecule has 21 heavy (non-hydrogen) atoms. The number of nitrogens with two attached hydrogens (primary N) is 1. The van der Waals surface area contributed by atoms with Crippen molar-refractivity contribution in [3.8, 4) is 11.8 Å². The first-order valence-electron chi connectivity index (χ1n) is 6.53. The number of benzene rings is 1. The van der Waals surface area contributed by atoms with Gasteiger partial charge >= 0.3 is 0 Å². The van der Waals surface area contributed by atoms with E-state index in [0.717, 1.165) is 11.1 Å². The summed E-state index contributed by atoms with van der Waals surface area (Å²) < 4.78 is 1.50. The van der Waals surface area contributed by atoms with Crippen molar-refractivity contribution in [2.45, 2.75) is 13.1 Å². The van der Waals surface area contributed by atoms with Crippen LogP contribution in [-0.2, 0) is 17.9 Å². The maximum absolute atomic E-state index is 12.1. The Labute approximate surface area is 123 Å². The molecule has 0 fully saturated rings. The van der Waals surface area contributed by atoms with Gasteiger partial charge in [0.25, 0.3) is 0 Å². The predicted octanol–water partition coefficient (Wildman–Crippen LogP) is 0.247. The minimum atomic E-state index is -0.0288. The Bertz CT molecular complexity index is 654. The number of rotatable bonds is 4. The average molecular weight is 283 g/mol. The van der Waals surface area contributed by atoms with Crippen LogP contribution in [0.3, 0.4) is 0 Å². The lowest BCUT2D eigenvalue weighted by molar-refractivity contribution is -0.131. The zero-order valence-electron chi connectivity index (χ0n) is 11.9. The first-order chi connectivity index (χ1) is 10.2. The molecule has 0 atom stereocenters. The first-order valence-corrected chi connectivity index (χ1v) is 6.53. The van der Waals surface area contributed by atoms with Crippen LogP contribution in [0.5, 0.6) is 0 Å². The second-order valence-corrected chi connectivity index (χ2v) is 4.55. The number of nitrogens with zero attached hydrogens (tertiary/aromatic N) is 4. The van der Waals surface area contributed by atoms with Gasteiger partial charge in [0.15, 0.2) is 0 Å². The highest BCUT2D eigenvalue weighted by atomic mass is 16.2. The molecule has 0 aliphatic rings. The molecule has 6 nitrogen and oxygen atoms in total. The molecule has 1 aromatic heterocycles. The summed E-state index contributed by atoms with van der Waals surface area (Å²) in [5.41, 5.74) is 7.28. The summed E-state index contributed by atoms with van der Waals surface area (Å²) in [5, 5.41) is 3.92. The Kier molecular flexibility index (Phi) is 5.07. The molecule has 108 valence electrons. The summed E-state index contributed by atoms with van der Waals surface area (Å²) in [4.78, 5) is 17.5. The predicted molar refractivity (Wildman–Crippen MR) is 78.9 cm³/mol. The third-order valence-corrected chi connectivity index (χ3v) is 2.87. The fourth-order valence-electron chi connectivity index (χ4n) is 1.84. The number of hydrogen-bond acceptors (Lipinski definition) is 4. The molecule has 1 amide bonds. The van der Waals surface area contributed by atoms with Gasteiger partial charge in [0.2, 0.25) is 5.91 Å². The summed E-state index contributed by atoms with van der Waals surface area (Å²) in [7, 11) is 1.76. The Balaban J connectivity index is 1.98. The lowest BCUT2D eigenvalue weighted by atomic mass is 10.1. The largest absolute Gasteiger partial charge is 0.340 e. The molecule has 2 aromatic rings. The van der Waals surface area contributed by atoms with Crippen LogP contribution >= 0.6 is 0 Å². The summed E-state index contributed by atoms with van der Waals surface area (Å²) in [5.74, 6) is 5.77. The molecule has 1 heterocycles. The highest BCUT2D eigenvalue weighted by Gasteiger charge is 2.10. The van der Waals surface area contributed by atoms with Crippen LogP contribution in [0.4, 0.5) is 0 Å². The van der Waals surface area contributed by atoms with Crippen LogP contribution in [0, 0.1) is 11.8 Å². The van der Waals surface area contributed by atoms with E-state index in [1.165, 1.54) is 17.3 Å². The van der Waals surface area contributed by atoms with Gasteiger partial charge in [-0.05, 0) is 17.7 Å². The number of likely N-dealkylation sites (N-methyl/N-ethyl adjacent to an activating group) is 1. The standard InChI is InChI=1S/C15H17N5O/c1-19(15(21)10-20-12-17-11-18-20)9-14-5-2-4-13(8-14)6-3-7-16/h2,4-5,8,11-12H,7,9-10,16H2,1H3. The molecule has 0 bridgehead atoms. The smallest absolute Gasteiger partial charge is 0.244 e. The molecule has 0 saturated heterocycles. The zero-order valence-corrected chi connectivity index (χ0v) is 11.9. The lowest BCUT2D eigenvalue weighted by Gasteiger charge is -2.17. The van der Waals surface area contributed by atoms with E-state index in [9.17, 15) is 4.79 Å². The van der Waals surface area contributed by atoms with Crippen LogP contribution in [0.1, 0.15) is 11.1 Å². The Morgan fingerprint density at radius 2 is 2.33 bits per heavy atom. The van der Waals surface area contributed by atoms with Gasteiger partial charge in [0.05, 0.1) is 6.54 Å². The van der Waals surface area contributed by atoms with E-state index < -0.39 is 0 Å². The van der Waals surface area contributed by atoms with Crippen LogP contribution < -0.4 is 5.73 Å². The van der Waals surface area contributed by atoms with Gasteiger partial charge in [-0.25, -0.2) is 9.67 Å². The van der Waals surface area contributed by atoms with Crippen molar-refractivity contribution in [2.75, 3.05) is 13.6 Å². The van der Waals surface area contributed by atoms with Crippen molar-refractivity contribution in [2.24, 2.45) is 5.73 Å². The third-order valence-electron chi connectivity index (χ3n) is 2.87. The molecule has 1 aromatic carbocycles. The number of carbonyl (C=O) groups is 1. The van der Waals surface area contributed by atoms with Crippen LogP contribution in [-0.4, -0.2) is 39.2 Å². The maximum atomic E-state index is 12.1. The Hall–Kier alpha value is -2.65. The molecule has 2 rings (SSSR count). The SMILES string of the molecule is CN(Cc1cccc(C#CCN)c1)C(=O)Cn1cncn1. The lowest BCUT2D eigenvalue weighted by Crippen LogP contribution is -2.29. The van der Waals surface area contributed by atoms with Crippen LogP contribution in [0.2, 0.25) is 0 Å². The molecule has 0 saturated carbocycles. The second-order valence-electron chi connectivity index (χ2n) is 4.55. The van der Waals surface area contributed by atoms with Gasteiger partial charge in [0, 0.05) is 19.2 Å². The molecule has 0 aliphatic carbocycles. The Morgan fingerprint density at radius 1 is 1.48 bits per heavy atom. The highest BCUT2D eigenvalue weighted by molar-refractivity contribution is 5.75. The van der Waals surface area contributed by atoms with Gasteiger partial charge in [-0.15, -0.1) is 0 Å². The summed E-state index contributed by atoms with van der Waals surface area (Å²) >= 11 is 0. The van der Waals surface area contributed by atoms with Crippen molar-refractivity contribution >= 4 is 5.91 Å². The number of amides is 1.